The standard InChI is InChI=1S/C24H30N6O2/c1-16-9-12-29(13-10-16)20-7-5-19(6-8-20)27-23(31)18-4-3-11-30(14-18)22-21-17(2)28-32-24(21)26-15-25-22/h5-8,15-16,18H,3-4,9-14H2,1-2H3,(H,27,31). The summed E-state index contributed by atoms with van der Waals surface area (Å²) in [7, 11) is 0. The monoisotopic (exact) mass is 434 g/mol. The van der Waals surface area contributed by atoms with Gasteiger partial charge in [0.1, 0.15) is 17.5 Å². The van der Waals surface area contributed by atoms with E-state index in [0.29, 0.717) is 12.3 Å². The minimum absolute atomic E-state index is 0.0570. The number of fused-ring (bicyclic) bond motifs is 1. The van der Waals surface area contributed by atoms with E-state index in [-0.39, 0.29) is 11.8 Å². The van der Waals surface area contributed by atoms with Gasteiger partial charge in [-0.2, -0.15) is 4.98 Å². The van der Waals surface area contributed by atoms with Crippen LogP contribution in [-0.2, 0) is 4.79 Å². The molecular weight excluding hydrogens is 404 g/mol. The van der Waals surface area contributed by atoms with E-state index >= 15 is 0 Å². The van der Waals surface area contributed by atoms with Crippen LogP contribution in [0.2, 0.25) is 0 Å². The van der Waals surface area contributed by atoms with E-state index in [1.54, 1.807) is 0 Å². The highest BCUT2D eigenvalue weighted by Gasteiger charge is 2.28. The first-order valence-corrected chi connectivity index (χ1v) is 11.6. The first-order chi connectivity index (χ1) is 15.6. The lowest BCUT2D eigenvalue weighted by Crippen LogP contribution is -2.41. The fourth-order valence-electron chi connectivity index (χ4n) is 4.79. The maximum absolute atomic E-state index is 13.0. The van der Waals surface area contributed by atoms with Crippen molar-refractivity contribution in [2.75, 3.05) is 41.3 Å². The van der Waals surface area contributed by atoms with Crippen LogP contribution >= 0.6 is 0 Å². The number of nitrogens with one attached hydrogen (secondary N) is 1. The molecule has 0 radical (unpaired) electrons. The fourth-order valence-corrected chi connectivity index (χ4v) is 4.79. The molecule has 1 N–H and O–H groups in total. The van der Waals surface area contributed by atoms with Crippen LogP contribution in [0.5, 0.6) is 0 Å². The van der Waals surface area contributed by atoms with E-state index in [0.717, 1.165) is 61.0 Å². The molecule has 0 saturated carbocycles. The third-order valence-electron chi connectivity index (χ3n) is 6.80. The molecule has 0 aliphatic carbocycles. The number of piperidine rings is 2. The zero-order valence-corrected chi connectivity index (χ0v) is 18.8. The van der Waals surface area contributed by atoms with Crippen molar-refractivity contribution in [3.05, 3.63) is 36.3 Å². The summed E-state index contributed by atoms with van der Waals surface area (Å²) in [4.78, 5) is 26.3. The first kappa shape index (κ1) is 20.7. The van der Waals surface area contributed by atoms with Gasteiger partial charge in [0, 0.05) is 37.6 Å². The van der Waals surface area contributed by atoms with Crippen molar-refractivity contribution in [2.45, 2.75) is 39.5 Å². The Labute approximate surface area is 188 Å². The molecule has 5 rings (SSSR count). The number of amides is 1. The maximum Gasteiger partial charge on any atom is 0.263 e. The van der Waals surface area contributed by atoms with Crippen LogP contribution in [-0.4, -0.2) is 47.2 Å². The van der Waals surface area contributed by atoms with Crippen LogP contribution < -0.4 is 15.1 Å². The molecule has 0 bridgehead atoms. The average Bonchev–Trinajstić information content (AvgIpc) is 3.21. The Bertz CT molecular complexity index is 1090. The summed E-state index contributed by atoms with van der Waals surface area (Å²) < 4.78 is 5.28. The van der Waals surface area contributed by atoms with Crippen molar-refractivity contribution in [1.29, 1.82) is 0 Å². The number of hydrogen-bond donors (Lipinski definition) is 1. The molecule has 3 aromatic rings. The van der Waals surface area contributed by atoms with Gasteiger partial charge in [-0.15, -0.1) is 0 Å². The Morgan fingerprint density at radius 3 is 2.62 bits per heavy atom. The molecule has 4 heterocycles. The van der Waals surface area contributed by atoms with Crippen molar-refractivity contribution in [3.63, 3.8) is 0 Å². The minimum Gasteiger partial charge on any atom is -0.372 e. The molecule has 1 unspecified atom stereocenters. The van der Waals surface area contributed by atoms with Gasteiger partial charge in [0.2, 0.25) is 5.91 Å². The van der Waals surface area contributed by atoms with Crippen molar-refractivity contribution < 1.29 is 9.32 Å². The average molecular weight is 435 g/mol. The third-order valence-corrected chi connectivity index (χ3v) is 6.80. The molecule has 8 heteroatoms. The Morgan fingerprint density at radius 2 is 1.84 bits per heavy atom. The molecule has 2 aliphatic rings. The third kappa shape index (κ3) is 4.13. The molecule has 2 aliphatic heterocycles. The lowest BCUT2D eigenvalue weighted by molar-refractivity contribution is -0.120. The van der Waals surface area contributed by atoms with Gasteiger partial charge in [-0.05, 0) is 62.8 Å². The van der Waals surface area contributed by atoms with Gasteiger partial charge in [-0.3, -0.25) is 4.79 Å². The number of carbonyl (C=O) groups is 1. The summed E-state index contributed by atoms with van der Waals surface area (Å²) in [5.41, 5.74) is 3.34. The minimum atomic E-state index is -0.0998. The Morgan fingerprint density at radius 1 is 1.06 bits per heavy atom. The van der Waals surface area contributed by atoms with Gasteiger partial charge in [0.25, 0.3) is 5.71 Å². The second-order valence-corrected chi connectivity index (χ2v) is 9.14. The predicted molar refractivity (Wildman–Crippen MR) is 125 cm³/mol. The highest BCUT2D eigenvalue weighted by molar-refractivity contribution is 5.94. The molecule has 168 valence electrons. The Balaban J connectivity index is 1.24. The van der Waals surface area contributed by atoms with E-state index < -0.39 is 0 Å². The van der Waals surface area contributed by atoms with E-state index in [2.05, 4.69) is 49.3 Å². The molecule has 1 atom stereocenters. The van der Waals surface area contributed by atoms with Crippen molar-refractivity contribution >= 4 is 34.2 Å². The lowest BCUT2D eigenvalue weighted by Gasteiger charge is -2.33. The summed E-state index contributed by atoms with van der Waals surface area (Å²) in [6.45, 7) is 7.89. The number of anilines is 3. The van der Waals surface area contributed by atoms with Gasteiger partial charge in [-0.25, -0.2) is 4.98 Å². The molecule has 32 heavy (non-hydrogen) atoms. The maximum atomic E-state index is 13.0. The van der Waals surface area contributed by atoms with Crippen LogP contribution in [0.4, 0.5) is 17.2 Å². The highest BCUT2D eigenvalue weighted by Crippen LogP contribution is 2.30. The SMILES string of the molecule is Cc1noc2ncnc(N3CCCC(C(=O)Nc4ccc(N5CCC(C)CC5)cc4)C3)c12. The molecule has 2 saturated heterocycles. The second-order valence-electron chi connectivity index (χ2n) is 9.14. The van der Waals surface area contributed by atoms with Gasteiger partial charge in [0.05, 0.1) is 11.6 Å². The highest BCUT2D eigenvalue weighted by atomic mass is 16.5. The zero-order valence-electron chi connectivity index (χ0n) is 18.8. The molecular formula is C24H30N6O2. The van der Waals surface area contributed by atoms with E-state index in [1.165, 1.54) is 24.9 Å². The van der Waals surface area contributed by atoms with E-state index in [9.17, 15) is 4.79 Å². The zero-order chi connectivity index (χ0) is 22.1. The molecule has 2 fully saturated rings. The van der Waals surface area contributed by atoms with Gasteiger partial charge in [-0.1, -0.05) is 12.1 Å². The van der Waals surface area contributed by atoms with Crippen molar-refractivity contribution in [1.82, 2.24) is 15.1 Å². The predicted octanol–water partition coefficient (Wildman–Crippen LogP) is 4.02. The molecule has 8 nitrogen and oxygen atoms in total. The van der Waals surface area contributed by atoms with E-state index in [1.807, 2.05) is 19.1 Å². The van der Waals surface area contributed by atoms with Crippen LogP contribution in [0, 0.1) is 18.8 Å². The normalized spacial score (nSPS) is 20.0. The Kier molecular flexibility index (Phi) is 5.68. The quantitative estimate of drug-likeness (QED) is 0.664. The second kappa shape index (κ2) is 8.76. The number of nitrogens with zero attached hydrogens (tertiary/aromatic N) is 5. The number of rotatable bonds is 4. The summed E-state index contributed by atoms with van der Waals surface area (Å²) in [6.07, 6.45) is 5.77. The first-order valence-electron chi connectivity index (χ1n) is 11.6. The van der Waals surface area contributed by atoms with Gasteiger partial charge >= 0.3 is 0 Å². The van der Waals surface area contributed by atoms with Crippen molar-refractivity contribution in [2.24, 2.45) is 11.8 Å². The smallest absolute Gasteiger partial charge is 0.263 e. The number of hydrogen-bond acceptors (Lipinski definition) is 7. The molecule has 1 aromatic carbocycles. The number of aromatic nitrogens is 3. The molecule has 0 spiro atoms. The number of aryl methyl sites for hydroxylation is 1. The summed E-state index contributed by atoms with van der Waals surface area (Å²) in [6, 6.07) is 8.26. The van der Waals surface area contributed by atoms with Gasteiger partial charge in [0.15, 0.2) is 0 Å². The summed E-state index contributed by atoms with van der Waals surface area (Å²) in [5.74, 6) is 1.57. The summed E-state index contributed by atoms with van der Waals surface area (Å²) >= 11 is 0. The van der Waals surface area contributed by atoms with Crippen LogP contribution in [0.1, 0.15) is 38.3 Å². The van der Waals surface area contributed by atoms with Crippen LogP contribution in [0.25, 0.3) is 11.1 Å². The number of benzene rings is 1. The largest absolute Gasteiger partial charge is 0.372 e. The van der Waals surface area contributed by atoms with Crippen LogP contribution in [0.15, 0.2) is 35.1 Å². The topological polar surface area (TPSA) is 87.4 Å². The van der Waals surface area contributed by atoms with Crippen LogP contribution in [0.3, 0.4) is 0 Å². The van der Waals surface area contributed by atoms with E-state index in [4.69, 9.17) is 4.52 Å². The van der Waals surface area contributed by atoms with Crippen molar-refractivity contribution in [3.8, 4) is 0 Å². The fraction of sp³-hybridized carbons (Fsp3) is 0.500. The van der Waals surface area contributed by atoms with Gasteiger partial charge < -0.3 is 19.6 Å². The number of carbonyl (C=O) groups excluding carboxylic acids is 1. The lowest BCUT2D eigenvalue weighted by atomic mass is 9.96. The molecule has 1 amide bonds. The Hall–Kier alpha value is -3.16. The molecule has 2 aromatic heterocycles. The summed E-state index contributed by atoms with van der Waals surface area (Å²) in [5, 5.41) is 7.97.